The van der Waals surface area contributed by atoms with Crippen LogP contribution in [0.3, 0.4) is 0 Å². The van der Waals surface area contributed by atoms with Crippen LogP contribution in [0.15, 0.2) is 102 Å². The summed E-state index contributed by atoms with van der Waals surface area (Å²) < 4.78 is 65.4. The Kier molecular flexibility index (Phi) is 9.71. The van der Waals surface area contributed by atoms with E-state index in [2.05, 4.69) is 15.0 Å². The Hall–Kier alpha value is -5.15. The van der Waals surface area contributed by atoms with Gasteiger partial charge < -0.3 is 18.6 Å². The summed E-state index contributed by atoms with van der Waals surface area (Å²) in [5.41, 5.74) is 0.0668. The van der Waals surface area contributed by atoms with Crippen LogP contribution in [0.5, 0.6) is 11.5 Å². The Morgan fingerprint density at radius 1 is 1.04 bits per heavy atom. The first-order valence-electron chi connectivity index (χ1n) is 15.1. The topological polar surface area (TPSA) is 118 Å². The average molecular weight is 723 g/mol. The predicted octanol–water partition coefficient (Wildman–Crippen LogP) is 6.42. The molecule has 10 nitrogen and oxygen atoms in total. The minimum atomic E-state index is -4.69. The van der Waals surface area contributed by atoms with E-state index in [1.165, 1.54) is 24.9 Å². The molecular formula is C35H29F3N4O6S2. The molecule has 5 aromatic rings. The van der Waals surface area contributed by atoms with Crippen molar-refractivity contribution in [1.29, 1.82) is 0 Å². The highest BCUT2D eigenvalue weighted by molar-refractivity contribution is 7.99. The fraction of sp³-hybridized carbons (Fsp3) is 0.229. The molecule has 0 unspecified atom stereocenters. The van der Waals surface area contributed by atoms with Crippen molar-refractivity contribution in [3.05, 3.63) is 115 Å². The van der Waals surface area contributed by atoms with Gasteiger partial charge in [0.1, 0.15) is 29.0 Å². The highest BCUT2D eigenvalue weighted by Gasteiger charge is 2.36. The SMILES string of the molecule is COc1ccc(OC)c([C@@H]2C(C(=O)OC(C)C)=C(C)N=c3s/c(=C\c4ccc(Sc5nc(-c6ccccc6)cc(C(F)(F)F)n5)o4)c(=O)n32)c1. The van der Waals surface area contributed by atoms with Crippen molar-refractivity contribution in [3.8, 4) is 22.8 Å². The number of hydrogen-bond donors (Lipinski definition) is 0. The number of allylic oxidation sites excluding steroid dienone is 1. The summed E-state index contributed by atoms with van der Waals surface area (Å²) >= 11 is 1.89. The summed E-state index contributed by atoms with van der Waals surface area (Å²) in [6, 6.07) is 16.6. The Morgan fingerprint density at radius 2 is 1.80 bits per heavy atom. The first-order valence-corrected chi connectivity index (χ1v) is 16.7. The zero-order valence-electron chi connectivity index (χ0n) is 27.3. The standard InChI is InChI=1S/C35H29F3N4O6S2/c1-18(2)47-32(44)29-19(3)39-34-42(30(29)23-15-21(45-4)11-13-25(23)46-5)31(43)26(49-34)16-22-12-14-28(48-22)50-33-40-24(20-9-7-6-8-10-20)17-27(41-33)35(36,37)38/h6-18,30H,1-5H3/b26-16-/t30-/m1/s1. The van der Waals surface area contributed by atoms with Crippen LogP contribution in [-0.4, -0.2) is 40.8 Å². The number of esters is 1. The molecule has 0 bridgehead atoms. The second kappa shape index (κ2) is 14.0. The van der Waals surface area contributed by atoms with Crippen LogP contribution in [0.1, 0.15) is 43.8 Å². The number of hydrogen-bond acceptors (Lipinski definition) is 11. The molecule has 0 amide bonds. The van der Waals surface area contributed by atoms with Crippen LogP contribution in [-0.2, 0) is 15.7 Å². The highest BCUT2D eigenvalue weighted by Crippen LogP contribution is 2.38. The lowest BCUT2D eigenvalue weighted by Gasteiger charge is -2.26. The number of alkyl halides is 3. The predicted molar refractivity (Wildman–Crippen MR) is 180 cm³/mol. The molecule has 4 heterocycles. The van der Waals surface area contributed by atoms with Crippen molar-refractivity contribution < 1.29 is 36.6 Å². The fourth-order valence-electron chi connectivity index (χ4n) is 5.27. The minimum absolute atomic E-state index is 0.109. The summed E-state index contributed by atoms with van der Waals surface area (Å²) in [6.45, 7) is 5.12. The summed E-state index contributed by atoms with van der Waals surface area (Å²) in [4.78, 5) is 40.6. The van der Waals surface area contributed by atoms with Crippen molar-refractivity contribution in [2.45, 2.75) is 49.3 Å². The van der Waals surface area contributed by atoms with Crippen molar-refractivity contribution >= 4 is 35.1 Å². The molecule has 3 aromatic heterocycles. The number of rotatable bonds is 9. The number of thiazole rings is 1. The summed E-state index contributed by atoms with van der Waals surface area (Å²) in [5.74, 6) is 0.509. The van der Waals surface area contributed by atoms with Crippen molar-refractivity contribution in [2.24, 2.45) is 4.99 Å². The highest BCUT2D eigenvalue weighted by atomic mass is 32.2. The third-order valence-corrected chi connectivity index (χ3v) is 9.22. The van der Waals surface area contributed by atoms with E-state index in [9.17, 15) is 22.8 Å². The van der Waals surface area contributed by atoms with Crippen LogP contribution in [0.4, 0.5) is 13.2 Å². The van der Waals surface area contributed by atoms with E-state index in [1.54, 1.807) is 81.4 Å². The maximum Gasteiger partial charge on any atom is 0.433 e. The quantitative estimate of drug-likeness (QED) is 0.125. The lowest BCUT2D eigenvalue weighted by atomic mass is 9.94. The van der Waals surface area contributed by atoms with Crippen LogP contribution in [0.2, 0.25) is 0 Å². The van der Waals surface area contributed by atoms with Gasteiger partial charge in [0.2, 0.25) is 0 Å². The van der Waals surface area contributed by atoms with Gasteiger partial charge in [-0.25, -0.2) is 19.8 Å². The third kappa shape index (κ3) is 7.09. The molecule has 258 valence electrons. The molecule has 0 fully saturated rings. The van der Waals surface area contributed by atoms with Gasteiger partial charge in [-0.15, -0.1) is 0 Å². The van der Waals surface area contributed by atoms with E-state index >= 15 is 0 Å². The third-order valence-electron chi connectivity index (χ3n) is 7.45. The minimum Gasteiger partial charge on any atom is -0.497 e. The number of halogens is 3. The Morgan fingerprint density at radius 3 is 2.48 bits per heavy atom. The number of carbonyl (C=O) groups is 1. The number of methoxy groups -OCH3 is 2. The number of furan rings is 1. The molecule has 2 aromatic carbocycles. The molecule has 0 saturated carbocycles. The Balaban J connectivity index is 1.41. The summed E-state index contributed by atoms with van der Waals surface area (Å²) in [7, 11) is 2.99. The van der Waals surface area contributed by atoms with Gasteiger partial charge in [0.15, 0.2) is 15.1 Å². The molecule has 1 atom stereocenters. The second-order valence-electron chi connectivity index (χ2n) is 11.2. The molecule has 50 heavy (non-hydrogen) atoms. The first kappa shape index (κ1) is 34.7. The van der Waals surface area contributed by atoms with E-state index < -0.39 is 35.5 Å². The average Bonchev–Trinajstić information content (AvgIpc) is 3.65. The number of aromatic nitrogens is 3. The molecule has 0 radical (unpaired) electrons. The molecule has 0 spiro atoms. The maximum absolute atomic E-state index is 14.1. The van der Waals surface area contributed by atoms with Crippen LogP contribution < -0.4 is 24.4 Å². The molecule has 1 aliphatic heterocycles. The van der Waals surface area contributed by atoms with Crippen LogP contribution >= 0.6 is 23.1 Å². The number of nitrogens with zero attached hydrogens (tertiary/aromatic N) is 4. The van der Waals surface area contributed by atoms with E-state index in [-0.39, 0.29) is 31.8 Å². The smallest absolute Gasteiger partial charge is 0.433 e. The molecular weight excluding hydrogens is 694 g/mol. The maximum atomic E-state index is 14.1. The van der Waals surface area contributed by atoms with Gasteiger partial charge >= 0.3 is 12.1 Å². The number of fused-ring (bicyclic) bond motifs is 1. The largest absolute Gasteiger partial charge is 0.497 e. The number of carbonyl (C=O) groups excluding carboxylic acids is 1. The molecule has 0 saturated heterocycles. The van der Waals surface area contributed by atoms with Gasteiger partial charge in [-0.1, -0.05) is 41.7 Å². The normalized spacial score (nSPS) is 14.8. The molecule has 15 heteroatoms. The number of ether oxygens (including phenoxy) is 3. The van der Waals surface area contributed by atoms with E-state index in [0.717, 1.165) is 29.2 Å². The van der Waals surface area contributed by atoms with Gasteiger partial charge in [0, 0.05) is 17.2 Å². The summed E-state index contributed by atoms with van der Waals surface area (Å²) in [6.07, 6.45) is -3.63. The zero-order chi connectivity index (χ0) is 35.7. The molecule has 6 rings (SSSR count). The van der Waals surface area contributed by atoms with Gasteiger partial charge in [-0.3, -0.25) is 9.36 Å². The zero-order valence-corrected chi connectivity index (χ0v) is 28.9. The molecule has 1 aliphatic rings. The van der Waals surface area contributed by atoms with Gasteiger partial charge in [0.05, 0.1) is 41.8 Å². The molecule has 0 aliphatic carbocycles. The monoisotopic (exact) mass is 722 g/mol. The first-order chi connectivity index (χ1) is 23.9. The van der Waals surface area contributed by atoms with E-state index in [0.29, 0.717) is 33.1 Å². The van der Waals surface area contributed by atoms with E-state index in [1.807, 2.05) is 0 Å². The van der Waals surface area contributed by atoms with Gasteiger partial charge in [-0.05, 0) is 68.9 Å². The van der Waals surface area contributed by atoms with E-state index in [4.69, 9.17) is 18.6 Å². The summed E-state index contributed by atoms with van der Waals surface area (Å²) in [5, 5.41) is 0.0402. The molecule has 0 N–H and O–H groups in total. The Bertz CT molecular complexity index is 2300. The van der Waals surface area contributed by atoms with Gasteiger partial charge in [-0.2, -0.15) is 13.2 Å². The lowest BCUT2D eigenvalue weighted by molar-refractivity contribution is -0.143. The van der Waals surface area contributed by atoms with Crippen molar-refractivity contribution in [3.63, 3.8) is 0 Å². The Labute approximate surface area is 291 Å². The van der Waals surface area contributed by atoms with Crippen molar-refractivity contribution in [1.82, 2.24) is 14.5 Å². The lowest BCUT2D eigenvalue weighted by Crippen LogP contribution is -2.40. The van der Waals surface area contributed by atoms with Crippen LogP contribution in [0.25, 0.3) is 17.3 Å². The van der Waals surface area contributed by atoms with Gasteiger partial charge in [0.25, 0.3) is 5.56 Å². The fourth-order valence-corrected chi connectivity index (χ4v) is 7.03. The second-order valence-corrected chi connectivity index (χ2v) is 13.2. The van der Waals surface area contributed by atoms with Crippen LogP contribution in [0, 0.1) is 0 Å². The number of benzene rings is 2. The van der Waals surface area contributed by atoms with Crippen molar-refractivity contribution in [2.75, 3.05) is 14.2 Å².